The molecule has 0 radical (unpaired) electrons. The summed E-state index contributed by atoms with van der Waals surface area (Å²) in [6.07, 6.45) is 2.57. The second-order valence-electron chi connectivity index (χ2n) is 7.45. The van der Waals surface area contributed by atoms with Gasteiger partial charge in [0.15, 0.2) is 5.69 Å². The lowest BCUT2D eigenvalue weighted by molar-refractivity contribution is -0.00706. The average molecular weight is 363 g/mol. The number of nitrogens with one attached hydrogen (secondary N) is 1. The first-order valence-electron chi connectivity index (χ1n) is 9.33. The standard InChI is InChI=1S/C20H21N5O2/c1-11-7-14-18(12(2)27-11)23-24-19(14)20(26)25-9-13(10-25)17-8-21-15-5-3-4-6-16(15)22-17/h3-6,8,11-13H,7,9-10H2,1-2H3,(H,23,24)/t11-,12+/m1/s1. The van der Waals surface area contributed by atoms with Gasteiger partial charge in [0.05, 0.1) is 34.6 Å². The second-order valence-corrected chi connectivity index (χ2v) is 7.45. The van der Waals surface area contributed by atoms with Gasteiger partial charge in [-0.1, -0.05) is 12.1 Å². The Morgan fingerprint density at radius 1 is 1.22 bits per heavy atom. The van der Waals surface area contributed by atoms with Crippen molar-refractivity contribution in [1.29, 1.82) is 0 Å². The van der Waals surface area contributed by atoms with Gasteiger partial charge in [-0.15, -0.1) is 0 Å². The highest BCUT2D eigenvalue weighted by Gasteiger charge is 2.37. The fourth-order valence-electron chi connectivity index (χ4n) is 4.00. The van der Waals surface area contributed by atoms with E-state index in [0.717, 1.165) is 28.0 Å². The first kappa shape index (κ1) is 16.4. The third-order valence-corrected chi connectivity index (χ3v) is 5.49. The number of carbonyl (C=O) groups excluding carboxylic acids is 1. The minimum absolute atomic E-state index is 0.0150. The maximum absolute atomic E-state index is 12.9. The normalized spacial score (nSPS) is 22.5. The molecule has 2 atom stereocenters. The Balaban J connectivity index is 1.33. The summed E-state index contributed by atoms with van der Waals surface area (Å²) in [5.41, 5.74) is 5.19. The lowest BCUT2D eigenvalue weighted by atomic mass is 9.94. The molecule has 2 aliphatic rings. The van der Waals surface area contributed by atoms with Crippen LogP contribution >= 0.6 is 0 Å². The number of aromatic amines is 1. The molecule has 0 aliphatic carbocycles. The number of aromatic nitrogens is 4. The molecule has 1 saturated heterocycles. The first-order chi connectivity index (χ1) is 13.1. The van der Waals surface area contributed by atoms with Crippen LogP contribution in [0.25, 0.3) is 11.0 Å². The first-order valence-corrected chi connectivity index (χ1v) is 9.33. The molecule has 0 spiro atoms. The summed E-state index contributed by atoms with van der Waals surface area (Å²) in [4.78, 5) is 24.0. The monoisotopic (exact) mass is 363 g/mol. The number of nitrogens with zero attached hydrogens (tertiary/aromatic N) is 4. The molecule has 2 aliphatic heterocycles. The Kier molecular flexibility index (Phi) is 3.72. The minimum atomic E-state index is -0.0604. The summed E-state index contributed by atoms with van der Waals surface area (Å²) in [7, 11) is 0. The zero-order valence-corrected chi connectivity index (χ0v) is 15.3. The fraction of sp³-hybridized carbons (Fsp3) is 0.400. The molecule has 1 fully saturated rings. The van der Waals surface area contributed by atoms with Gasteiger partial charge in [0, 0.05) is 37.2 Å². The van der Waals surface area contributed by atoms with Crippen LogP contribution in [0, 0.1) is 0 Å². The Labute approximate surface area is 156 Å². The number of likely N-dealkylation sites (tertiary alicyclic amines) is 1. The van der Waals surface area contributed by atoms with Gasteiger partial charge in [-0.25, -0.2) is 4.98 Å². The molecule has 0 saturated carbocycles. The van der Waals surface area contributed by atoms with E-state index in [4.69, 9.17) is 9.72 Å². The molecule has 1 aromatic carbocycles. The minimum Gasteiger partial charge on any atom is -0.369 e. The lowest BCUT2D eigenvalue weighted by Crippen LogP contribution is -2.49. The van der Waals surface area contributed by atoms with Crippen LogP contribution in [0.2, 0.25) is 0 Å². The molecule has 0 unspecified atom stereocenters. The van der Waals surface area contributed by atoms with Crippen LogP contribution in [-0.2, 0) is 11.2 Å². The Bertz CT molecular complexity index is 1020. The summed E-state index contributed by atoms with van der Waals surface area (Å²) < 4.78 is 5.81. The van der Waals surface area contributed by atoms with Gasteiger partial charge < -0.3 is 9.64 Å². The van der Waals surface area contributed by atoms with E-state index in [-0.39, 0.29) is 24.0 Å². The van der Waals surface area contributed by atoms with E-state index in [9.17, 15) is 4.79 Å². The van der Waals surface area contributed by atoms with Gasteiger partial charge in [0.1, 0.15) is 0 Å². The Morgan fingerprint density at radius 3 is 2.81 bits per heavy atom. The number of H-pyrrole nitrogens is 1. The maximum atomic E-state index is 12.9. The number of fused-ring (bicyclic) bond motifs is 2. The van der Waals surface area contributed by atoms with E-state index in [0.29, 0.717) is 25.2 Å². The quantitative estimate of drug-likeness (QED) is 0.757. The number of ether oxygens (including phenoxy) is 1. The van der Waals surface area contributed by atoms with Crippen LogP contribution in [-0.4, -0.2) is 50.2 Å². The SMILES string of the molecule is C[C@@H]1Cc2c(C(=O)N3CC(c4cnc5ccccc5n4)C3)n[nH]c2[C@H](C)O1. The van der Waals surface area contributed by atoms with Crippen molar-refractivity contribution in [3.8, 4) is 0 Å². The number of rotatable bonds is 2. The molecule has 27 heavy (non-hydrogen) atoms. The number of hydrogen-bond acceptors (Lipinski definition) is 5. The number of benzene rings is 1. The van der Waals surface area contributed by atoms with Crippen LogP contribution in [0.5, 0.6) is 0 Å². The smallest absolute Gasteiger partial charge is 0.274 e. The van der Waals surface area contributed by atoms with Crippen molar-refractivity contribution in [3.05, 3.63) is 53.1 Å². The van der Waals surface area contributed by atoms with E-state index in [2.05, 4.69) is 15.2 Å². The number of hydrogen-bond donors (Lipinski definition) is 1. The fourth-order valence-corrected chi connectivity index (χ4v) is 4.00. The molecule has 1 N–H and O–H groups in total. The van der Waals surface area contributed by atoms with Gasteiger partial charge >= 0.3 is 0 Å². The zero-order valence-electron chi connectivity index (χ0n) is 15.3. The van der Waals surface area contributed by atoms with Gasteiger partial charge in [-0.3, -0.25) is 14.9 Å². The van der Waals surface area contributed by atoms with Crippen LogP contribution in [0.3, 0.4) is 0 Å². The third-order valence-electron chi connectivity index (χ3n) is 5.49. The highest BCUT2D eigenvalue weighted by atomic mass is 16.5. The van der Waals surface area contributed by atoms with Crippen molar-refractivity contribution >= 4 is 16.9 Å². The van der Waals surface area contributed by atoms with Crippen LogP contribution in [0.4, 0.5) is 0 Å². The van der Waals surface area contributed by atoms with Crippen molar-refractivity contribution < 1.29 is 9.53 Å². The molecule has 5 rings (SSSR count). The molecule has 2 aromatic heterocycles. The predicted octanol–water partition coefficient (Wildman–Crippen LogP) is 2.61. The summed E-state index contributed by atoms with van der Waals surface area (Å²) in [6, 6.07) is 7.84. The molecule has 7 nitrogen and oxygen atoms in total. The Hall–Kier alpha value is -2.80. The van der Waals surface area contributed by atoms with Crippen molar-refractivity contribution in [1.82, 2.24) is 25.1 Å². The third kappa shape index (κ3) is 2.70. The molecule has 7 heteroatoms. The van der Waals surface area contributed by atoms with E-state index < -0.39 is 0 Å². The van der Waals surface area contributed by atoms with Crippen molar-refractivity contribution in [3.63, 3.8) is 0 Å². The lowest BCUT2D eigenvalue weighted by Gasteiger charge is -2.38. The molecular formula is C20H21N5O2. The highest BCUT2D eigenvalue weighted by molar-refractivity contribution is 5.94. The zero-order chi connectivity index (χ0) is 18.5. The summed E-state index contributed by atoms with van der Waals surface area (Å²) in [5.74, 6) is 0.209. The van der Waals surface area contributed by atoms with Gasteiger partial charge in [-0.05, 0) is 26.0 Å². The van der Waals surface area contributed by atoms with Gasteiger partial charge in [0.2, 0.25) is 0 Å². The topological polar surface area (TPSA) is 84.0 Å². The van der Waals surface area contributed by atoms with E-state index in [1.54, 1.807) is 0 Å². The molecule has 1 amide bonds. The van der Waals surface area contributed by atoms with E-state index >= 15 is 0 Å². The average Bonchev–Trinajstić information content (AvgIpc) is 3.04. The molecular weight excluding hydrogens is 342 g/mol. The van der Waals surface area contributed by atoms with Crippen molar-refractivity contribution in [2.75, 3.05) is 13.1 Å². The molecule has 0 bridgehead atoms. The van der Waals surface area contributed by atoms with Crippen LogP contribution in [0.15, 0.2) is 30.5 Å². The number of carbonyl (C=O) groups is 1. The van der Waals surface area contributed by atoms with Crippen LogP contribution in [0.1, 0.15) is 53.3 Å². The van der Waals surface area contributed by atoms with Crippen molar-refractivity contribution in [2.45, 2.75) is 38.4 Å². The van der Waals surface area contributed by atoms with Crippen LogP contribution < -0.4 is 0 Å². The second kappa shape index (κ2) is 6.13. The van der Waals surface area contributed by atoms with Gasteiger partial charge in [-0.2, -0.15) is 5.10 Å². The largest absolute Gasteiger partial charge is 0.369 e. The maximum Gasteiger partial charge on any atom is 0.274 e. The summed E-state index contributed by atoms with van der Waals surface area (Å²) in [5, 5.41) is 7.30. The number of para-hydroxylation sites is 2. The summed E-state index contributed by atoms with van der Waals surface area (Å²) in [6.45, 7) is 5.31. The van der Waals surface area contributed by atoms with E-state index in [1.165, 1.54) is 0 Å². The van der Waals surface area contributed by atoms with E-state index in [1.807, 2.05) is 49.2 Å². The molecule has 3 aromatic rings. The molecule has 138 valence electrons. The van der Waals surface area contributed by atoms with Gasteiger partial charge in [0.25, 0.3) is 5.91 Å². The highest BCUT2D eigenvalue weighted by Crippen LogP contribution is 2.33. The summed E-state index contributed by atoms with van der Waals surface area (Å²) >= 11 is 0. The van der Waals surface area contributed by atoms with Crippen molar-refractivity contribution in [2.24, 2.45) is 0 Å². The predicted molar refractivity (Wildman–Crippen MR) is 99.4 cm³/mol. The number of amides is 1. The Morgan fingerprint density at radius 2 is 2.00 bits per heavy atom. The molecule has 4 heterocycles.